The van der Waals surface area contributed by atoms with Crippen LogP contribution in [0.15, 0.2) is 59.7 Å². The van der Waals surface area contributed by atoms with Crippen molar-refractivity contribution in [1.29, 1.82) is 0 Å². The van der Waals surface area contributed by atoms with E-state index >= 15 is 0 Å². The Morgan fingerprint density at radius 1 is 0.920 bits per heavy atom. The van der Waals surface area contributed by atoms with Crippen LogP contribution in [0.4, 0.5) is 0 Å². The molecule has 0 saturated heterocycles. The van der Waals surface area contributed by atoms with E-state index in [-0.39, 0.29) is 24.8 Å². The summed E-state index contributed by atoms with van der Waals surface area (Å²) in [6.45, 7) is 6.70. The standard InChI is InChI=1S/C12H11.C9H8N.2ClH.Ti/c1-9(2)12-7-10-5-3-4-6-11(10)8-12;1-7-6-10-9-5-3-2-4-8(7)9;;;/h3-7H,1-2H3;2-5,10H,1H3;2*1H;/q;;;;+2/p-2. The average molecular weight is 404 g/mol. The number of halogens is 2. The minimum atomic E-state index is -0.400. The van der Waals surface area contributed by atoms with E-state index in [9.17, 15) is 0 Å². The fourth-order valence-electron chi connectivity index (χ4n) is 3.28. The molecule has 1 heterocycles. The zero-order chi connectivity index (χ0) is 16.0. The van der Waals surface area contributed by atoms with Crippen molar-refractivity contribution in [2.75, 3.05) is 0 Å². The van der Waals surface area contributed by atoms with Crippen LogP contribution >= 0.6 is 0 Å². The first-order valence-corrected chi connectivity index (χ1v) is 9.54. The van der Waals surface area contributed by atoms with E-state index in [4.69, 9.17) is 0 Å². The first kappa shape index (κ1) is 20.1. The van der Waals surface area contributed by atoms with E-state index in [2.05, 4.69) is 80.4 Å². The summed E-state index contributed by atoms with van der Waals surface area (Å²) in [6.07, 6.45) is 2.36. The number of H-pyrrole nitrogens is 1. The molecule has 3 aromatic rings. The largest absolute Gasteiger partial charge is 1.00 e. The van der Waals surface area contributed by atoms with Crippen molar-refractivity contribution >= 4 is 24.9 Å². The second-order valence-electron chi connectivity index (χ2n) is 6.32. The van der Waals surface area contributed by atoms with Crippen molar-refractivity contribution in [3.63, 3.8) is 0 Å². The zero-order valence-corrected chi connectivity index (χ0v) is 17.5. The summed E-state index contributed by atoms with van der Waals surface area (Å²) in [4.78, 5) is 3.68. The van der Waals surface area contributed by atoms with Gasteiger partial charge in [-0.3, -0.25) is 0 Å². The van der Waals surface area contributed by atoms with Crippen LogP contribution in [0.1, 0.15) is 19.4 Å². The number of fused-ring (bicyclic) bond motifs is 2. The van der Waals surface area contributed by atoms with Gasteiger partial charge in [0.1, 0.15) is 0 Å². The van der Waals surface area contributed by atoms with Gasteiger partial charge in [0.15, 0.2) is 0 Å². The number of aromatic amines is 1. The van der Waals surface area contributed by atoms with Crippen LogP contribution in [0.25, 0.3) is 20.9 Å². The fraction of sp³-hybridized carbons (Fsp3) is 0.143. The van der Waals surface area contributed by atoms with Gasteiger partial charge in [0.2, 0.25) is 0 Å². The molecule has 0 spiro atoms. The predicted molar refractivity (Wildman–Crippen MR) is 94.6 cm³/mol. The van der Waals surface area contributed by atoms with Gasteiger partial charge in [-0.15, -0.1) is 0 Å². The van der Waals surface area contributed by atoms with Crippen molar-refractivity contribution in [1.82, 2.24) is 4.98 Å². The Morgan fingerprint density at radius 3 is 2.32 bits per heavy atom. The Morgan fingerprint density at radius 2 is 1.60 bits per heavy atom. The number of rotatable bonds is 2. The van der Waals surface area contributed by atoms with E-state index in [0.717, 1.165) is 0 Å². The molecule has 4 rings (SSSR count). The van der Waals surface area contributed by atoms with E-state index in [1.165, 1.54) is 42.0 Å². The van der Waals surface area contributed by atoms with Crippen LogP contribution in [0.3, 0.4) is 0 Å². The number of hydrogen-bond donors (Lipinski definition) is 1. The molecular formula is C21H19Cl2NTi. The Hall–Kier alpha value is -1.25. The quantitative estimate of drug-likeness (QED) is 0.443. The molecule has 25 heavy (non-hydrogen) atoms. The van der Waals surface area contributed by atoms with Gasteiger partial charge in [-0.2, -0.15) is 0 Å². The van der Waals surface area contributed by atoms with Crippen molar-refractivity contribution < 1.29 is 44.0 Å². The van der Waals surface area contributed by atoms with Crippen LogP contribution in [0.5, 0.6) is 0 Å². The third-order valence-electron chi connectivity index (χ3n) is 4.55. The third kappa shape index (κ3) is 3.52. The molecule has 0 aliphatic heterocycles. The molecule has 0 radical (unpaired) electrons. The number of aryl methyl sites for hydroxylation is 1. The zero-order valence-electron chi connectivity index (χ0n) is 14.5. The summed E-state index contributed by atoms with van der Waals surface area (Å²) in [5.74, 6) is 0. The normalized spacial score (nSPS) is 12.0. The molecule has 0 amide bonds. The van der Waals surface area contributed by atoms with Gasteiger partial charge in [0.25, 0.3) is 0 Å². The van der Waals surface area contributed by atoms with E-state index in [1.807, 2.05) is 0 Å². The second kappa shape index (κ2) is 7.97. The first-order valence-electron chi connectivity index (χ1n) is 7.98. The average Bonchev–Trinajstić information content (AvgIpc) is 3.08. The van der Waals surface area contributed by atoms with Crippen molar-refractivity contribution in [3.05, 3.63) is 75.7 Å². The van der Waals surface area contributed by atoms with Gasteiger partial charge in [0.05, 0.1) is 0 Å². The molecule has 126 valence electrons. The predicted octanol–water partition coefficient (Wildman–Crippen LogP) is -2.87. The van der Waals surface area contributed by atoms with Crippen molar-refractivity contribution in [3.8, 4) is 0 Å². The van der Waals surface area contributed by atoms with Gasteiger partial charge in [-0.05, 0) is 0 Å². The Labute approximate surface area is 169 Å². The van der Waals surface area contributed by atoms with Crippen LogP contribution in [-0.4, -0.2) is 4.98 Å². The van der Waals surface area contributed by atoms with E-state index < -0.39 is 19.2 Å². The van der Waals surface area contributed by atoms with Gasteiger partial charge in [0, 0.05) is 0 Å². The van der Waals surface area contributed by atoms with Crippen LogP contribution in [-0.2, 0) is 19.2 Å². The molecule has 1 aliphatic carbocycles. The molecule has 0 atom stereocenters. The smallest absolute Gasteiger partial charge is 1.00 e. The number of aromatic nitrogens is 1. The van der Waals surface area contributed by atoms with Crippen LogP contribution in [0, 0.1) is 6.92 Å². The first-order chi connectivity index (χ1) is 11.1. The minimum absolute atomic E-state index is 0. The Kier molecular flexibility index (Phi) is 6.40. The monoisotopic (exact) mass is 403 g/mol. The number of allylic oxidation sites excluding steroid dienone is 2. The topological polar surface area (TPSA) is 15.8 Å². The summed E-state index contributed by atoms with van der Waals surface area (Å²) in [7, 11) is 0. The molecule has 0 saturated carbocycles. The molecule has 1 aliphatic rings. The van der Waals surface area contributed by atoms with Gasteiger partial charge in [-0.1, -0.05) is 0 Å². The molecule has 0 bridgehead atoms. The maximum Gasteiger partial charge on any atom is -1.00 e. The van der Waals surface area contributed by atoms with Gasteiger partial charge in [-0.25, -0.2) is 0 Å². The minimum Gasteiger partial charge on any atom is -1.00 e. The van der Waals surface area contributed by atoms with Crippen LogP contribution in [0.2, 0.25) is 0 Å². The second-order valence-corrected chi connectivity index (χ2v) is 8.27. The van der Waals surface area contributed by atoms with Crippen molar-refractivity contribution in [2.45, 2.75) is 20.8 Å². The molecule has 0 unspecified atom stereocenters. The third-order valence-corrected chi connectivity index (χ3v) is 6.96. The summed E-state index contributed by atoms with van der Waals surface area (Å²) in [5.41, 5.74) is 5.54. The number of para-hydroxylation sites is 1. The molecule has 0 fully saturated rings. The molecule has 1 nitrogen and oxygen atoms in total. The number of benzene rings is 2. The van der Waals surface area contributed by atoms with Crippen LogP contribution < -0.4 is 39.3 Å². The van der Waals surface area contributed by atoms with Gasteiger partial charge >= 0.3 is 145 Å². The van der Waals surface area contributed by atoms with E-state index in [0.29, 0.717) is 0 Å². The molecule has 1 aromatic heterocycles. The molecule has 4 heteroatoms. The summed E-state index contributed by atoms with van der Waals surface area (Å²) >= 11 is -0.400. The molecular weight excluding hydrogens is 385 g/mol. The van der Waals surface area contributed by atoms with Crippen molar-refractivity contribution in [2.24, 2.45) is 0 Å². The van der Waals surface area contributed by atoms with E-state index in [1.54, 1.807) is 3.88 Å². The Bertz CT molecular complexity index is 1070. The molecule has 1 N–H and O–H groups in total. The number of nitrogens with one attached hydrogen (secondary N) is 1. The number of hydrogen-bond acceptors (Lipinski definition) is 0. The molecule has 2 aromatic carbocycles. The summed E-state index contributed by atoms with van der Waals surface area (Å²) < 4.78 is 3.01. The van der Waals surface area contributed by atoms with Gasteiger partial charge < -0.3 is 24.8 Å². The summed E-state index contributed by atoms with van der Waals surface area (Å²) in [6, 6.07) is 17.4. The fourth-order valence-corrected chi connectivity index (χ4v) is 5.77. The maximum absolute atomic E-state index is 3.68. The maximum atomic E-state index is 3.68. The Balaban J connectivity index is 0.00000113. The SMILES string of the molecule is CC(C)=C1C=c2ccccc2=[C]1[Ti+2][c]1[nH]c2ccccc2c1C.[Cl-].[Cl-]. The summed E-state index contributed by atoms with van der Waals surface area (Å²) in [5, 5.41) is 4.17.